The molecular formula is C17H24N2O4S. The summed E-state index contributed by atoms with van der Waals surface area (Å²) in [4.78, 5) is 14.3. The molecule has 7 heteroatoms. The third-order valence-electron chi connectivity index (χ3n) is 4.92. The Bertz CT molecular complexity index is 698. The van der Waals surface area contributed by atoms with Crippen LogP contribution >= 0.6 is 0 Å². The number of likely N-dealkylation sites (tertiary alicyclic amines) is 1. The van der Waals surface area contributed by atoms with Crippen molar-refractivity contribution in [2.45, 2.75) is 43.0 Å². The zero-order chi connectivity index (χ0) is 17.2. The molecule has 0 spiro atoms. The maximum absolute atomic E-state index is 12.4. The van der Waals surface area contributed by atoms with Crippen LogP contribution in [-0.4, -0.2) is 45.5 Å². The normalized spacial score (nSPS) is 22.3. The van der Waals surface area contributed by atoms with E-state index in [9.17, 15) is 13.2 Å². The van der Waals surface area contributed by atoms with Gasteiger partial charge >= 0.3 is 0 Å². The summed E-state index contributed by atoms with van der Waals surface area (Å²) in [6.07, 6.45) is 4.95. The fourth-order valence-electron chi connectivity index (χ4n) is 3.59. The first-order valence-electron chi connectivity index (χ1n) is 8.43. The molecule has 3 rings (SSSR count). The van der Waals surface area contributed by atoms with Gasteiger partial charge < -0.3 is 9.64 Å². The van der Waals surface area contributed by atoms with Crippen LogP contribution in [0.2, 0.25) is 0 Å². The molecule has 1 aromatic carbocycles. The van der Waals surface area contributed by atoms with E-state index in [0.29, 0.717) is 24.8 Å². The number of carbonyl (C=O) groups excluding carboxylic acids is 1. The fourth-order valence-corrected chi connectivity index (χ4v) is 4.74. The lowest BCUT2D eigenvalue weighted by atomic mass is 10.1. The molecule has 1 saturated heterocycles. The van der Waals surface area contributed by atoms with Crippen LogP contribution in [0.5, 0.6) is 5.75 Å². The molecular weight excluding hydrogens is 328 g/mol. The number of rotatable bonds is 6. The summed E-state index contributed by atoms with van der Waals surface area (Å²) in [6.45, 7) is 0.943. The van der Waals surface area contributed by atoms with Crippen LogP contribution < -0.4 is 9.46 Å². The second kappa shape index (κ2) is 7.11. The Morgan fingerprint density at radius 2 is 2.04 bits per heavy atom. The molecule has 0 bridgehead atoms. The summed E-state index contributed by atoms with van der Waals surface area (Å²) in [5.74, 6) is 0.701. The van der Waals surface area contributed by atoms with Crippen molar-refractivity contribution in [1.82, 2.24) is 9.62 Å². The summed E-state index contributed by atoms with van der Waals surface area (Å²) in [5, 5.41) is 0. The van der Waals surface area contributed by atoms with Crippen LogP contribution in [0.1, 0.15) is 32.1 Å². The molecule has 1 atom stereocenters. The van der Waals surface area contributed by atoms with Gasteiger partial charge in [-0.2, -0.15) is 0 Å². The molecule has 132 valence electrons. The molecule has 6 nitrogen and oxygen atoms in total. The topological polar surface area (TPSA) is 75.7 Å². The second-order valence-corrected chi connectivity index (χ2v) is 8.35. The average Bonchev–Trinajstić information content (AvgIpc) is 3.22. The highest BCUT2D eigenvalue weighted by molar-refractivity contribution is 7.89. The maximum atomic E-state index is 12.4. The van der Waals surface area contributed by atoms with Crippen molar-refractivity contribution in [3.63, 3.8) is 0 Å². The van der Waals surface area contributed by atoms with E-state index in [1.165, 1.54) is 32.1 Å². The third kappa shape index (κ3) is 3.72. The number of benzene rings is 1. The molecule has 1 N–H and O–H groups in total. The Morgan fingerprint density at radius 1 is 1.29 bits per heavy atom. The van der Waals surface area contributed by atoms with Crippen LogP contribution in [0, 0.1) is 5.92 Å². The molecule has 24 heavy (non-hydrogen) atoms. The van der Waals surface area contributed by atoms with E-state index in [-0.39, 0.29) is 23.3 Å². The summed E-state index contributed by atoms with van der Waals surface area (Å²) in [5.41, 5.74) is 0. The van der Waals surface area contributed by atoms with E-state index in [1.54, 1.807) is 12.1 Å². The van der Waals surface area contributed by atoms with Gasteiger partial charge in [0.1, 0.15) is 5.75 Å². The summed E-state index contributed by atoms with van der Waals surface area (Å²) < 4.78 is 32.5. The summed E-state index contributed by atoms with van der Waals surface area (Å²) in [7, 11) is -2.09. The average molecular weight is 352 g/mol. The standard InChI is InChI=1S/C17H24N2O4S/c1-23-15-7-4-8-16(10-15)24(21,22)18-11-13-9-17(20)19(12-13)14-5-2-3-6-14/h4,7-8,10,13-14,18H,2-3,5-6,9,11-12H2,1H3. The van der Waals surface area contributed by atoms with Crippen molar-refractivity contribution >= 4 is 15.9 Å². The monoisotopic (exact) mass is 352 g/mol. The highest BCUT2D eigenvalue weighted by Crippen LogP contribution is 2.29. The number of hydrogen-bond donors (Lipinski definition) is 1. The first-order chi connectivity index (χ1) is 11.5. The minimum Gasteiger partial charge on any atom is -0.497 e. The summed E-state index contributed by atoms with van der Waals surface area (Å²) in [6, 6.07) is 6.74. The zero-order valence-corrected chi connectivity index (χ0v) is 14.7. The van der Waals surface area contributed by atoms with Crippen molar-refractivity contribution in [2.24, 2.45) is 5.92 Å². The number of ether oxygens (including phenoxy) is 1. The van der Waals surface area contributed by atoms with E-state index in [2.05, 4.69) is 4.72 Å². The number of amides is 1. The molecule has 1 aromatic rings. The van der Waals surface area contributed by atoms with Crippen molar-refractivity contribution in [2.75, 3.05) is 20.2 Å². The van der Waals surface area contributed by atoms with Gasteiger partial charge in [-0.15, -0.1) is 0 Å². The largest absolute Gasteiger partial charge is 0.497 e. The maximum Gasteiger partial charge on any atom is 0.240 e. The lowest BCUT2D eigenvalue weighted by Gasteiger charge is -2.24. The SMILES string of the molecule is COc1cccc(S(=O)(=O)NCC2CC(=O)N(C3CCCC3)C2)c1. The predicted octanol–water partition coefficient (Wildman–Crippen LogP) is 1.76. The van der Waals surface area contributed by atoms with Gasteiger partial charge in [-0.1, -0.05) is 18.9 Å². The van der Waals surface area contributed by atoms with Gasteiger partial charge in [-0.3, -0.25) is 4.79 Å². The third-order valence-corrected chi connectivity index (χ3v) is 6.34. The first kappa shape index (κ1) is 17.2. The Labute approximate surface area is 143 Å². The number of nitrogens with one attached hydrogen (secondary N) is 1. The Kier molecular flexibility index (Phi) is 5.10. The molecule has 1 aliphatic carbocycles. The molecule has 1 unspecified atom stereocenters. The van der Waals surface area contributed by atoms with Crippen LogP contribution in [0.15, 0.2) is 29.2 Å². The first-order valence-corrected chi connectivity index (χ1v) is 9.91. The van der Waals surface area contributed by atoms with Crippen molar-refractivity contribution in [1.29, 1.82) is 0 Å². The molecule has 1 saturated carbocycles. The highest BCUT2D eigenvalue weighted by atomic mass is 32.2. The van der Waals surface area contributed by atoms with Crippen LogP contribution in [0.4, 0.5) is 0 Å². The van der Waals surface area contributed by atoms with E-state index >= 15 is 0 Å². The second-order valence-electron chi connectivity index (χ2n) is 6.59. The van der Waals surface area contributed by atoms with Crippen LogP contribution in [0.25, 0.3) is 0 Å². The lowest BCUT2D eigenvalue weighted by molar-refractivity contribution is -0.129. The molecule has 1 aliphatic heterocycles. The number of methoxy groups -OCH3 is 1. The quantitative estimate of drug-likeness (QED) is 0.846. The van der Waals surface area contributed by atoms with Crippen LogP contribution in [0.3, 0.4) is 0 Å². The van der Waals surface area contributed by atoms with Crippen molar-refractivity contribution in [3.05, 3.63) is 24.3 Å². The van der Waals surface area contributed by atoms with Crippen molar-refractivity contribution < 1.29 is 17.9 Å². The van der Waals surface area contributed by atoms with E-state index in [0.717, 1.165) is 12.8 Å². The smallest absolute Gasteiger partial charge is 0.240 e. The van der Waals surface area contributed by atoms with Crippen LogP contribution in [-0.2, 0) is 14.8 Å². The number of carbonyl (C=O) groups is 1. The number of sulfonamides is 1. The van der Waals surface area contributed by atoms with Crippen molar-refractivity contribution in [3.8, 4) is 5.75 Å². The number of nitrogens with zero attached hydrogens (tertiary/aromatic N) is 1. The predicted molar refractivity (Wildman–Crippen MR) is 90.3 cm³/mol. The van der Waals surface area contributed by atoms with E-state index in [1.807, 2.05) is 4.90 Å². The summed E-state index contributed by atoms with van der Waals surface area (Å²) >= 11 is 0. The van der Waals surface area contributed by atoms with E-state index < -0.39 is 10.0 Å². The molecule has 1 heterocycles. The van der Waals surface area contributed by atoms with Gasteiger partial charge in [-0.25, -0.2) is 13.1 Å². The molecule has 2 aliphatic rings. The Balaban J connectivity index is 1.59. The zero-order valence-electron chi connectivity index (χ0n) is 13.9. The van der Waals surface area contributed by atoms with Gasteiger partial charge in [0.15, 0.2) is 0 Å². The van der Waals surface area contributed by atoms with Gasteiger partial charge in [0.2, 0.25) is 15.9 Å². The van der Waals surface area contributed by atoms with Gasteiger partial charge in [0, 0.05) is 31.6 Å². The molecule has 1 amide bonds. The molecule has 0 radical (unpaired) electrons. The fraction of sp³-hybridized carbons (Fsp3) is 0.588. The number of hydrogen-bond acceptors (Lipinski definition) is 4. The van der Waals surface area contributed by atoms with E-state index in [4.69, 9.17) is 4.74 Å². The highest BCUT2D eigenvalue weighted by Gasteiger charge is 2.35. The van der Waals surface area contributed by atoms with Gasteiger partial charge in [0.05, 0.1) is 12.0 Å². The minimum atomic E-state index is -3.59. The Morgan fingerprint density at radius 3 is 2.75 bits per heavy atom. The lowest BCUT2D eigenvalue weighted by Crippen LogP contribution is -2.36. The minimum absolute atomic E-state index is 0.0403. The molecule has 0 aromatic heterocycles. The molecule has 2 fully saturated rings. The Hall–Kier alpha value is -1.60. The van der Waals surface area contributed by atoms with Gasteiger partial charge in [0.25, 0.3) is 0 Å². The van der Waals surface area contributed by atoms with Gasteiger partial charge in [-0.05, 0) is 30.9 Å².